The Hall–Kier alpha value is -3.11. The number of thioether (sulfide) groups is 1. The highest BCUT2D eigenvalue weighted by molar-refractivity contribution is 7.99. The monoisotopic (exact) mass is 463 g/mol. The van der Waals surface area contributed by atoms with Gasteiger partial charge >= 0.3 is 0 Å². The van der Waals surface area contributed by atoms with Crippen LogP contribution in [0, 0.1) is 6.92 Å². The topological polar surface area (TPSA) is 114 Å². The summed E-state index contributed by atoms with van der Waals surface area (Å²) in [6.07, 6.45) is 0. The summed E-state index contributed by atoms with van der Waals surface area (Å²) in [7, 11) is 4.57. The van der Waals surface area contributed by atoms with Gasteiger partial charge in [-0.1, -0.05) is 23.4 Å². The SMILES string of the molecule is COc1cc(-c2nnc(SCC(=O)Nc3ccc(Cl)cc3C)n2N)cc(OC)c1OC. The molecular weight excluding hydrogens is 442 g/mol. The molecule has 0 unspecified atom stereocenters. The van der Waals surface area contributed by atoms with E-state index in [4.69, 9.17) is 31.7 Å². The number of halogens is 1. The number of aromatic nitrogens is 3. The second-order valence-electron chi connectivity index (χ2n) is 6.39. The molecule has 1 heterocycles. The summed E-state index contributed by atoms with van der Waals surface area (Å²) < 4.78 is 17.4. The van der Waals surface area contributed by atoms with Crippen molar-refractivity contribution in [2.24, 2.45) is 0 Å². The van der Waals surface area contributed by atoms with E-state index in [0.717, 1.165) is 5.56 Å². The molecule has 3 aromatic rings. The van der Waals surface area contributed by atoms with Crippen LogP contribution in [0.3, 0.4) is 0 Å². The van der Waals surface area contributed by atoms with Gasteiger partial charge in [-0.25, -0.2) is 4.68 Å². The maximum atomic E-state index is 12.3. The summed E-state index contributed by atoms with van der Waals surface area (Å²) in [6.45, 7) is 1.87. The first kappa shape index (κ1) is 22.6. The molecule has 3 N–H and O–H groups in total. The number of ether oxygens (including phenoxy) is 3. The molecule has 2 aromatic carbocycles. The van der Waals surface area contributed by atoms with Crippen LogP contribution in [0.15, 0.2) is 35.5 Å². The highest BCUT2D eigenvalue weighted by Crippen LogP contribution is 2.40. The maximum absolute atomic E-state index is 12.3. The molecule has 0 fully saturated rings. The number of amides is 1. The molecule has 0 radical (unpaired) electrons. The van der Waals surface area contributed by atoms with Crippen LogP contribution < -0.4 is 25.4 Å². The second kappa shape index (κ2) is 9.80. The molecule has 0 aliphatic heterocycles. The normalized spacial score (nSPS) is 10.6. The van der Waals surface area contributed by atoms with E-state index in [1.807, 2.05) is 6.92 Å². The summed E-state index contributed by atoms with van der Waals surface area (Å²) in [5.41, 5.74) is 2.19. The van der Waals surface area contributed by atoms with Gasteiger partial charge in [-0.15, -0.1) is 10.2 Å². The smallest absolute Gasteiger partial charge is 0.234 e. The van der Waals surface area contributed by atoms with Gasteiger partial charge in [0.15, 0.2) is 17.3 Å². The average Bonchev–Trinajstić information content (AvgIpc) is 3.13. The zero-order chi connectivity index (χ0) is 22.5. The molecule has 0 aliphatic carbocycles. The molecule has 31 heavy (non-hydrogen) atoms. The van der Waals surface area contributed by atoms with E-state index < -0.39 is 0 Å². The number of nitrogens with zero attached hydrogens (tertiary/aromatic N) is 3. The third-order valence-electron chi connectivity index (χ3n) is 4.38. The molecule has 1 amide bonds. The molecule has 0 atom stereocenters. The van der Waals surface area contributed by atoms with Crippen LogP contribution in [0.2, 0.25) is 5.02 Å². The van der Waals surface area contributed by atoms with Crippen molar-refractivity contribution in [2.75, 3.05) is 38.2 Å². The fraction of sp³-hybridized carbons (Fsp3) is 0.250. The minimum absolute atomic E-state index is 0.104. The van der Waals surface area contributed by atoms with Crippen LogP contribution in [0.25, 0.3) is 11.4 Å². The van der Waals surface area contributed by atoms with Gasteiger partial charge in [-0.05, 0) is 42.8 Å². The van der Waals surface area contributed by atoms with Crippen LogP contribution in [-0.4, -0.2) is 47.9 Å². The third-order valence-corrected chi connectivity index (χ3v) is 5.56. The van der Waals surface area contributed by atoms with Crippen LogP contribution in [0.1, 0.15) is 5.56 Å². The lowest BCUT2D eigenvalue weighted by Gasteiger charge is -2.13. The maximum Gasteiger partial charge on any atom is 0.234 e. The van der Waals surface area contributed by atoms with Gasteiger partial charge in [-0.2, -0.15) is 0 Å². The molecular formula is C20H22ClN5O4S. The lowest BCUT2D eigenvalue weighted by atomic mass is 10.1. The van der Waals surface area contributed by atoms with E-state index in [9.17, 15) is 4.79 Å². The lowest BCUT2D eigenvalue weighted by molar-refractivity contribution is -0.113. The van der Waals surface area contributed by atoms with Gasteiger partial charge in [0.1, 0.15) is 0 Å². The number of carbonyl (C=O) groups is 1. The quantitative estimate of drug-likeness (QED) is 0.386. The summed E-state index contributed by atoms with van der Waals surface area (Å²) in [5, 5.41) is 12.1. The Bertz CT molecular complexity index is 1080. The van der Waals surface area contributed by atoms with Crippen molar-refractivity contribution in [1.29, 1.82) is 0 Å². The van der Waals surface area contributed by atoms with Crippen molar-refractivity contribution >= 4 is 35.0 Å². The summed E-state index contributed by atoms with van der Waals surface area (Å²) in [4.78, 5) is 12.3. The zero-order valence-electron chi connectivity index (χ0n) is 17.4. The summed E-state index contributed by atoms with van der Waals surface area (Å²) in [6, 6.07) is 8.70. The van der Waals surface area contributed by atoms with E-state index in [2.05, 4.69) is 15.5 Å². The van der Waals surface area contributed by atoms with Gasteiger partial charge in [0, 0.05) is 16.3 Å². The van der Waals surface area contributed by atoms with E-state index in [1.165, 1.54) is 37.8 Å². The number of nitrogens with one attached hydrogen (secondary N) is 1. The Morgan fingerprint density at radius 1 is 1.13 bits per heavy atom. The Balaban J connectivity index is 1.75. The highest BCUT2D eigenvalue weighted by atomic mass is 35.5. The number of benzene rings is 2. The molecule has 9 nitrogen and oxygen atoms in total. The standard InChI is InChI=1S/C20H22ClN5O4S/c1-11-7-13(21)5-6-14(11)23-17(27)10-31-20-25-24-19(26(20)22)12-8-15(28-2)18(30-4)16(9-12)29-3/h5-9H,10,22H2,1-4H3,(H,23,27). The van der Waals surface area contributed by atoms with E-state index >= 15 is 0 Å². The highest BCUT2D eigenvalue weighted by Gasteiger charge is 2.19. The molecule has 164 valence electrons. The van der Waals surface area contributed by atoms with Gasteiger partial charge in [0.2, 0.25) is 16.8 Å². The Morgan fingerprint density at radius 3 is 2.39 bits per heavy atom. The Morgan fingerprint density at radius 2 is 1.81 bits per heavy atom. The van der Waals surface area contributed by atoms with Crippen LogP contribution in [-0.2, 0) is 4.79 Å². The number of carbonyl (C=O) groups excluding carboxylic acids is 1. The van der Waals surface area contributed by atoms with E-state index in [1.54, 1.807) is 30.3 Å². The fourth-order valence-corrected chi connectivity index (χ4v) is 3.75. The van der Waals surface area contributed by atoms with Crippen molar-refractivity contribution < 1.29 is 19.0 Å². The third kappa shape index (κ3) is 4.97. The van der Waals surface area contributed by atoms with Gasteiger partial charge in [-0.3, -0.25) is 4.79 Å². The van der Waals surface area contributed by atoms with Crippen molar-refractivity contribution in [3.8, 4) is 28.6 Å². The second-order valence-corrected chi connectivity index (χ2v) is 7.77. The molecule has 1 aromatic heterocycles. The molecule has 0 saturated carbocycles. The Labute approximate surface area is 188 Å². The average molecular weight is 464 g/mol. The largest absolute Gasteiger partial charge is 0.493 e. The van der Waals surface area contributed by atoms with E-state index in [0.29, 0.717) is 44.5 Å². The minimum Gasteiger partial charge on any atom is -0.493 e. The molecule has 11 heteroatoms. The number of aryl methyl sites for hydroxylation is 1. The summed E-state index contributed by atoms with van der Waals surface area (Å²) >= 11 is 7.11. The zero-order valence-corrected chi connectivity index (χ0v) is 19.0. The number of anilines is 1. The van der Waals surface area contributed by atoms with Crippen molar-refractivity contribution in [3.05, 3.63) is 40.9 Å². The predicted molar refractivity (Wildman–Crippen MR) is 121 cm³/mol. The summed E-state index contributed by atoms with van der Waals surface area (Å²) in [5.74, 6) is 7.86. The number of nitrogen functional groups attached to an aromatic ring is 1. The number of hydrogen-bond donors (Lipinski definition) is 2. The number of rotatable bonds is 8. The lowest BCUT2D eigenvalue weighted by Crippen LogP contribution is -2.17. The van der Waals surface area contributed by atoms with Gasteiger partial charge in [0.05, 0.1) is 27.1 Å². The first-order chi connectivity index (χ1) is 14.9. The first-order valence-electron chi connectivity index (χ1n) is 9.07. The van der Waals surface area contributed by atoms with Crippen LogP contribution >= 0.6 is 23.4 Å². The van der Waals surface area contributed by atoms with E-state index in [-0.39, 0.29) is 11.7 Å². The predicted octanol–water partition coefficient (Wildman–Crippen LogP) is 3.38. The van der Waals surface area contributed by atoms with Crippen LogP contribution in [0.4, 0.5) is 5.69 Å². The van der Waals surface area contributed by atoms with Gasteiger partial charge in [0.25, 0.3) is 0 Å². The van der Waals surface area contributed by atoms with Crippen molar-refractivity contribution in [1.82, 2.24) is 14.9 Å². The number of methoxy groups -OCH3 is 3. The molecule has 0 saturated heterocycles. The Kier molecular flexibility index (Phi) is 7.13. The molecule has 0 aliphatic rings. The number of nitrogens with two attached hydrogens (primary N) is 1. The van der Waals surface area contributed by atoms with Crippen molar-refractivity contribution in [3.63, 3.8) is 0 Å². The van der Waals surface area contributed by atoms with Crippen molar-refractivity contribution in [2.45, 2.75) is 12.1 Å². The molecule has 0 bridgehead atoms. The minimum atomic E-state index is -0.201. The molecule has 0 spiro atoms. The first-order valence-corrected chi connectivity index (χ1v) is 10.4. The molecule has 3 rings (SSSR count). The fourth-order valence-electron chi connectivity index (χ4n) is 2.87. The number of hydrogen-bond acceptors (Lipinski definition) is 8. The van der Waals surface area contributed by atoms with Crippen LogP contribution in [0.5, 0.6) is 17.2 Å². The van der Waals surface area contributed by atoms with Gasteiger partial charge < -0.3 is 25.4 Å².